The molecule has 6 rings (SSSR count). The van der Waals surface area contributed by atoms with Crippen LogP contribution >= 0.6 is 0 Å². The average Bonchev–Trinajstić information content (AvgIpc) is 3.73. The maximum atomic E-state index is 8.08. The topological polar surface area (TPSA) is 61.4 Å². The second kappa shape index (κ2) is 10.0. The Morgan fingerprint density at radius 2 is 1.13 bits per heavy atom. The summed E-state index contributed by atoms with van der Waals surface area (Å²) in [6.45, 7) is 9.01. The average molecular weight is 527 g/mol. The van der Waals surface area contributed by atoms with Gasteiger partial charge in [0.05, 0.1) is 16.9 Å². The van der Waals surface area contributed by atoms with E-state index in [4.69, 9.17) is 15.5 Å². The van der Waals surface area contributed by atoms with E-state index in [2.05, 4.69) is 62.2 Å². The van der Waals surface area contributed by atoms with Gasteiger partial charge in [0.25, 0.3) is 0 Å². The molecule has 0 spiro atoms. The van der Waals surface area contributed by atoms with E-state index >= 15 is 0 Å². The minimum absolute atomic E-state index is 0.0666. The van der Waals surface area contributed by atoms with Gasteiger partial charge < -0.3 is 0 Å². The van der Waals surface area contributed by atoms with Gasteiger partial charge in [-0.3, -0.25) is 0 Å². The molecule has 2 fully saturated rings. The summed E-state index contributed by atoms with van der Waals surface area (Å²) in [7, 11) is 0. The van der Waals surface area contributed by atoms with Crippen molar-refractivity contribution in [3.8, 4) is 11.6 Å². The van der Waals surface area contributed by atoms with Crippen LogP contribution in [-0.4, -0.2) is 29.5 Å². The smallest absolute Gasteiger partial charge is 0.153 e. The summed E-state index contributed by atoms with van der Waals surface area (Å²) in [6.07, 6.45) is 14.6. The fourth-order valence-corrected chi connectivity index (χ4v) is 6.79. The first-order valence-electron chi connectivity index (χ1n) is 16.4. The van der Waals surface area contributed by atoms with Crippen LogP contribution in [0.25, 0.3) is 11.6 Å². The standard InChI is InChI=1S/C33H42N6/c1-31(2,27-19-25(23-32(3)11-5-6-12-32)21-29(36-27)38-17-9-15-34-38)28-20-26(24-33(4)13-7-8-14-33)22-30(37-28)39-18-10-16-35-39/h9-10,15-22H,5-8,11-14,23-24H2,1-4H3/i9D,10D,15D,16D. The second-order valence-electron chi connectivity index (χ2n) is 13.1. The molecule has 0 bridgehead atoms. The van der Waals surface area contributed by atoms with Crippen molar-refractivity contribution in [2.75, 3.05) is 0 Å². The fraction of sp³-hybridized carbons (Fsp3) is 0.515. The zero-order chi connectivity index (χ0) is 30.6. The van der Waals surface area contributed by atoms with Gasteiger partial charge in [-0.25, -0.2) is 19.3 Å². The highest BCUT2D eigenvalue weighted by atomic mass is 15.3. The number of rotatable bonds is 8. The highest BCUT2D eigenvalue weighted by Crippen LogP contribution is 2.43. The predicted octanol–water partition coefficient (Wildman–Crippen LogP) is 7.42. The van der Waals surface area contributed by atoms with Gasteiger partial charge in [0.2, 0.25) is 0 Å². The van der Waals surface area contributed by atoms with Crippen LogP contribution in [0.2, 0.25) is 0 Å². The maximum absolute atomic E-state index is 8.08. The van der Waals surface area contributed by atoms with Gasteiger partial charge in [-0.1, -0.05) is 39.5 Å². The SMILES string of the molecule is [2H]c1cn(-c2cc(CC3(C)CCCC3)cc(C(C)(C)c3cc(CC4(C)CCCC4)cc(-n4cc([2H])c([2H])n4)n3)n2)nc1[2H]. The number of pyridine rings is 2. The predicted molar refractivity (Wildman–Crippen MR) is 155 cm³/mol. The van der Waals surface area contributed by atoms with E-state index in [0.717, 1.165) is 24.2 Å². The first-order valence-corrected chi connectivity index (χ1v) is 14.4. The van der Waals surface area contributed by atoms with Crippen LogP contribution in [0, 0.1) is 10.8 Å². The molecule has 4 aromatic heterocycles. The number of aromatic nitrogens is 6. The Balaban J connectivity index is 1.47. The molecule has 0 saturated heterocycles. The van der Waals surface area contributed by atoms with Gasteiger partial charge in [-0.05, 0) is 111 Å². The Morgan fingerprint density at radius 3 is 1.49 bits per heavy atom. The van der Waals surface area contributed by atoms with Crippen LogP contribution < -0.4 is 0 Å². The first kappa shape index (κ1) is 21.5. The van der Waals surface area contributed by atoms with Crippen molar-refractivity contribution >= 4 is 0 Å². The minimum Gasteiger partial charge on any atom is -0.233 e. The van der Waals surface area contributed by atoms with E-state index in [1.54, 1.807) is 21.8 Å². The Bertz CT molecular complexity index is 1480. The Labute approximate surface area is 238 Å². The Kier molecular flexibility index (Phi) is 5.54. The molecule has 2 aliphatic rings. The number of nitrogens with zero attached hydrogens (tertiary/aromatic N) is 6. The summed E-state index contributed by atoms with van der Waals surface area (Å²) < 4.78 is 35.3. The van der Waals surface area contributed by atoms with Crippen molar-refractivity contribution in [3.63, 3.8) is 0 Å². The third kappa shape index (κ3) is 5.43. The first-order chi connectivity index (χ1) is 20.3. The summed E-state index contributed by atoms with van der Waals surface area (Å²) in [6, 6.07) is 8.64. The highest BCUT2D eigenvalue weighted by Gasteiger charge is 2.33. The molecule has 2 saturated carbocycles. The van der Waals surface area contributed by atoms with Crippen LogP contribution in [0.3, 0.4) is 0 Å². The lowest BCUT2D eigenvalue weighted by Gasteiger charge is -2.29. The van der Waals surface area contributed by atoms with Crippen molar-refractivity contribution < 1.29 is 5.48 Å². The molecule has 6 heteroatoms. The Morgan fingerprint density at radius 1 is 0.718 bits per heavy atom. The van der Waals surface area contributed by atoms with E-state index in [-0.39, 0.29) is 35.3 Å². The summed E-state index contributed by atoms with van der Waals surface area (Å²) in [4.78, 5) is 10.2. The molecule has 0 N–H and O–H groups in total. The molecular formula is C33H42N6. The highest BCUT2D eigenvalue weighted by molar-refractivity contribution is 5.41. The quantitative estimate of drug-likeness (QED) is 0.240. The van der Waals surface area contributed by atoms with Gasteiger partial charge in [0.1, 0.15) is 0 Å². The third-order valence-electron chi connectivity index (χ3n) is 9.19. The molecule has 0 unspecified atom stereocenters. The molecule has 0 radical (unpaired) electrons. The fourth-order valence-electron chi connectivity index (χ4n) is 6.79. The molecule has 4 aromatic rings. The van der Waals surface area contributed by atoms with Crippen LogP contribution in [0.5, 0.6) is 0 Å². The van der Waals surface area contributed by atoms with Crippen molar-refractivity contribution in [1.82, 2.24) is 29.5 Å². The molecule has 0 aromatic carbocycles. The van der Waals surface area contributed by atoms with Crippen LogP contribution in [-0.2, 0) is 18.3 Å². The maximum Gasteiger partial charge on any atom is 0.153 e. The molecule has 6 nitrogen and oxygen atoms in total. The zero-order valence-corrected chi connectivity index (χ0v) is 23.7. The summed E-state index contributed by atoms with van der Waals surface area (Å²) in [5.41, 5.74) is 3.90. The van der Waals surface area contributed by atoms with Gasteiger partial charge in [0, 0.05) is 30.2 Å². The number of hydrogen-bond donors (Lipinski definition) is 0. The van der Waals surface area contributed by atoms with Crippen molar-refractivity contribution in [3.05, 3.63) is 83.6 Å². The van der Waals surface area contributed by atoms with Crippen LogP contribution in [0.15, 0.2) is 61.1 Å². The monoisotopic (exact) mass is 526 g/mol. The normalized spacial score (nSPS) is 20.0. The van der Waals surface area contributed by atoms with Gasteiger partial charge in [0.15, 0.2) is 11.6 Å². The van der Waals surface area contributed by atoms with E-state index in [1.807, 2.05) is 0 Å². The molecule has 0 atom stereocenters. The van der Waals surface area contributed by atoms with Crippen LogP contribution in [0.4, 0.5) is 0 Å². The van der Waals surface area contributed by atoms with E-state index < -0.39 is 5.41 Å². The molecule has 0 amide bonds. The summed E-state index contributed by atoms with van der Waals surface area (Å²) in [5, 5.41) is 8.56. The molecule has 204 valence electrons. The molecule has 0 aliphatic heterocycles. The lowest BCUT2D eigenvalue weighted by molar-refractivity contribution is 0.334. The van der Waals surface area contributed by atoms with Crippen LogP contribution in [0.1, 0.15) is 107 Å². The summed E-state index contributed by atoms with van der Waals surface area (Å²) in [5.74, 6) is 1.21. The van der Waals surface area contributed by atoms with Gasteiger partial charge in [-0.15, -0.1) is 0 Å². The lowest BCUT2D eigenvalue weighted by Crippen LogP contribution is -2.25. The lowest BCUT2D eigenvalue weighted by atomic mass is 9.78. The van der Waals surface area contributed by atoms with E-state index in [9.17, 15) is 0 Å². The molecule has 39 heavy (non-hydrogen) atoms. The molecule has 4 heterocycles. The Hall–Kier alpha value is -3.28. The van der Waals surface area contributed by atoms with Gasteiger partial charge in [-0.2, -0.15) is 10.2 Å². The molecular weight excluding hydrogens is 480 g/mol. The zero-order valence-electron chi connectivity index (χ0n) is 27.7. The minimum atomic E-state index is -0.607. The number of hydrogen-bond acceptors (Lipinski definition) is 4. The van der Waals surface area contributed by atoms with Crippen molar-refractivity contribution in [2.45, 2.75) is 97.3 Å². The second-order valence-corrected chi connectivity index (χ2v) is 13.1. The largest absolute Gasteiger partial charge is 0.233 e. The molecule has 2 aliphatic carbocycles. The van der Waals surface area contributed by atoms with Gasteiger partial charge >= 0.3 is 0 Å². The van der Waals surface area contributed by atoms with E-state index in [0.29, 0.717) is 11.6 Å². The third-order valence-corrected chi connectivity index (χ3v) is 9.19. The van der Waals surface area contributed by atoms with E-state index in [1.165, 1.54) is 62.5 Å². The summed E-state index contributed by atoms with van der Waals surface area (Å²) >= 11 is 0. The van der Waals surface area contributed by atoms with Crippen molar-refractivity contribution in [2.24, 2.45) is 10.8 Å². The van der Waals surface area contributed by atoms with Crippen molar-refractivity contribution in [1.29, 1.82) is 0 Å².